The maximum atomic E-state index is 13.2. The minimum absolute atomic E-state index is 0.0554. The summed E-state index contributed by atoms with van der Waals surface area (Å²) in [5, 5.41) is 2.72. The van der Waals surface area contributed by atoms with Gasteiger partial charge in [-0.15, -0.1) is 0 Å². The molecule has 29 heavy (non-hydrogen) atoms. The van der Waals surface area contributed by atoms with E-state index < -0.39 is 21.7 Å². The molecule has 0 saturated heterocycles. The molecule has 1 heterocycles. The van der Waals surface area contributed by atoms with Crippen LogP contribution < -0.4 is 5.32 Å². The Labute approximate surface area is 169 Å². The number of rotatable bonds is 8. The lowest BCUT2D eigenvalue weighted by Gasteiger charge is -2.22. The molecule has 3 aromatic rings. The van der Waals surface area contributed by atoms with Crippen molar-refractivity contribution in [2.24, 2.45) is 0 Å². The van der Waals surface area contributed by atoms with Crippen LogP contribution in [0.4, 0.5) is 4.39 Å². The molecule has 0 saturated carbocycles. The molecule has 6 nitrogen and oxygen atoms in total. The summed E-state index contributed by atoms with van der Waals surface area (Å²) < 4.78 is 40.4. The van der Waals surface area contributed by atoms with E-state index in [0.717, 1.165) is 9.87 Å². The first-order valence-electron chi connectivity index (χ1n) is 8.90. The smallest absolute Gasteiger partial charge is 0.243 e. The molecular formula is C21H20FN3O3S. The Hall–Kier alpha value is -3.10. The summed E-state index contributed by atoms with van der Waals surface area (Å²) >= 11 is 0. The number of halogens is 1. The minimum atomic E-state index is -3.92. The van der Waals surface area contributed by atoms with Crippen LogP contribution in [0.25, 0.3) is 0 Å². The van der Waals surface area contributed by atoms with E-state index in [-0.39, 0.29) is 24.5 Å². The topological polar surface area (TPSA) is 79.4 Å². The molecule has 0 aliphatic carbocycles. The fourth-order valence-corrected chi connectivity index (χ4v) is 4.08. The van der Waals surface area contributed by atoms with Crippen molar-refractivity contribution in [3.63, 3.8) is 0 Å². The van der Waals surface area contributed by atoms with Gasteiger partial charge in [0.25, 0.3) is 0 Å². The third-order valence-electron chi connectivity index (χ3n) is 4.21. The molecule has 0 aliphatic rings. The molecule has 0 unspecified atom stereocenters. The molecule has 0 radical (unpaired) electrons. The molecule has 2 aromatic carbocycles. The van der Waals surface area contributed by atoms with Crippen LogP contribution in [0.1, 0.15) is 11.1 Å². The average molecular weight is 413 g/mol. The average Bonchev–Trinajstić information content (AvgIpc) is 2.74. The Kier molecular flexibility index (Phi) is 6.69. The van der Waals surface area contributed by atoms with Gasteiger partial charge in [0.05, 0.1) is 11.4 Å². The Balaban J connectivity index is 1.78. The summed E-state index contributed by atoms with van der Waals surface area (Å²) in [5.74, 6) is -0.857. The third kappa shape index (κ3) is 5.69. The van der Waals surface area contributed by atoms with Crippen LogP contribution in [0.5, 0.6) is 0 Å². The highest BCUT2D eigenvalue weighted by molar-refractivity contribution is 7.89. The summed E-state index contributed by atoms with van der Waals surface area (Å²) in [4.78, 5) is 16.5. The van der Waals surface area contributed by atoms with Crippen LogP contribution >= 0.6 is 0 Å². The number of hydrogen-bond donors (Lipinski definition) is 1. The Morgan fingerprint density at radius 3 is 2.24 bits per heavy atom. The van der Waals surface area contributed by atoms with Crippen LogP contribution in [0, 0.1) is 5.82 Å². The third-order valence-corrected chi connectivity index (χ3v) is 6.02. The molecule has 0 fully saturated rings. The fraction of sp³-hybridized carbons (Fsp3) is 0.143. The van der Waals surface area contributed by atoms with Gasteiger partial charge in [0, 0.05) is 25.5 Å². The van der Waals surface area contributed by atoms with Crippen molar-refractivity contribution < 1.29 is 17.6 Å². The molecule has 0 spiro atoms. The molecule has 1 N–H and O–H groups in total. The van der Waals surface area contributed by atoms with Gasteiger partial charge in [-0.1, -0.05) is 30.3 Å². The van der Waals surface area contributed by atoms with E-state index in [0.29, 0.717) is 5.56 Å². The number of nitrogens with zero attached hydrogens (tertiary/aromatic N) is 2. The van der Waals surface area contributed by atoms with E-state index in [1.165, 1.54) is 36.4 Å². The van der Waals surface area contributed by atoms with E-state index in [4.69, 9.17) is 0 Å². The number of amides is 1. The highest BCUT2D eigenvalue weighted by Crippen LogP contribution is 2.18. The Morgan fingerprint density at radius 2 is 1.59 bits per heavy atom. The van der Waals surface area contributed by atoms with E-state index in [2.05, 4.69) is 10.3 Å². The predicted molar refractivity (Wildman–Crippen MR) is 107 cm³/mol. The Morgan fingerprint density at radius 1 is 0.931 bits per heavy atom. The zero-order chi connectivity index (χ0) is 20.7. The molecule has 8 heteroatoms. The molecular weight excluding hydrogens is 393 g/mol. The summed E-state index contributed by atoms with van der Waals surface area (Å²) in [6, 6.07) is 16.9. The predicted octanol–water partition coefficient (Wildman–Crippen LogP) is 2.73. The molecule has 1 aromatic heterocycles. The largest absolute Gasteiger partial charge is 0.351 e. The number of hydrogen-bond acceptors (Lipinski definition) is 4. The van der Waals surface area contributed by atoms with Crippen molar-refractivity contribution in [1.82, 2.24) is 14.6 Å². The highest BCUT2D eigenvalue weighted by Gasteiger charge is 2.26. The molecule has 1 amide bonds. The molecule has 0 atom stereocenters. The zero-order valence-corrected chi connectivity index (χ0v) is 16.3. The summed E-state index contributed by atoms with van der Waals surface area (Å²) in [5.41, 5.74) is 1.43. The van der Waals surface area contributed by atoms with Crippen molar-refractivity contribution in [2.45, 2.75) is 18.0 Å². The maximum absolute atomic E-state index is 13.2. The second kappa shape index (κ2) is 9.40. The summed E-state index contributed by atoms with van der Waals surface area (Å²) in [7, 11) is -3.92. The Bertz CT molecular complexity index is 1040. The first kappa shape index (κ1) is 20.6. The standard InChI is InChI=1S/C21H20FN3O3S/c22-19-8-6-18(7-9-19)15-25(29(27,28)20-4-2-1-3-5-20)16-21(26)24-14-17-10-12-23-13-11-17/h1-13H,14-16H2,(H,24,26). The van der Waals surface area contributed by atoms with E-state index in [1.54, 1.807) is 42.7 Å². The summed E-state index contributed by atoms with van der Waals surface area (Å²) in [6.45, 7) is -0.156. The maximum Gasteiger partial charge on any atom is 0.243 e. The molecule has 3 rings (SSSR count). The van der Waals surface area contributed by atoms with Crippen LogP contribution in [0.15, 0.2) is 84.0 Å². The molecule has 0 aliphatic heterocycles. The number of pyridine rings is 1. The highest BCUT2D eigenvalue weighted by atomic mass is 32.2. The van der Waals surface area contributed by atoms with E-state index >= 15 is 0 Å². The second-order valence-electron chi connectivity index (χ2n) is 6.34. The van der Waals surface area contributed by atoms with Gasteiger partial charge in [-0.25, -0.2) is 12.8 Å². The first-order valence-corrected chi connectivity index (χ1v) is 10.3. The fourth-order valence-electron chi connectivity index (χ4n) is 2.68. The lowest BCUT2D eigenvalue weighted by molar-refractivity contribution is -0.121. The van der Waals surface area contributed by atoms with Crippen LogP contribution in [0.2, 0.25) is 0 Å². The number of sulfonamides is 1. The minimum Gasteiger partial charge on any atom is -0.351 e. The van der Waals surface area contributed by atoms with Crippen LogP contribution in [-0.2, 0) is 27.9 Å². The normalized spacial score (nSPS) is 11.4. The van der Waals surface area contributed by atoms with Crippen molar-refractivity contribution in [2.75, 3.05) is 6.54 Å². The summed E-state index contributed by atoms with van der Waals surface area (Å²) in [6.07, 6.45) is 3.23. The number of nitrogens with one attached hydrogen (secondary N) is 1. The van der Waals surface area contributed by atoms with Crippen LogP contribution in [0.3, 0.4) is 0 Å². The molecule has 0 bridgehead atoms. The zero-order valence-electron chi connectivity index (χ0n) is 15.5. The van der Waals surface area contributed by atoms with Gasteiger partial charge in [0.15, 0.2) is 0 Å². The van der Waals surface area contributed by atoms with Crippen molar-refractivity contribution in [3.05, 3.63) is 96.1 Å². The number of aromatic nitrogens is 1. The number of carbonyl (C=O) groups excluding carboxylic acids is 1. The SMILES string of the molecule is O=C(CN(Cc1ccc(F)cc1)S(=O)(=O)c1ccccc1)NCc1ccncc1. The van der Waals surface area contributed by atoms with Gasteiger partial charge in [0.2, 0.25) is 15.9 Å². The van der Waals surface area contributed by atoms with Gasteiger partial charge in [-0.05, 0) is 47.5 Å². The van der Waals surface area contributed by atoms with Gasteiger partial charge in [-0.2, -0.15) is 4.31 Å². The van der Waals surface area contributed by atoms with Gasteiger partial charge in [0.1, 0.15) is 5.82 Å². The van der Waals surface area contributed by atoms with E-state index in [1.807, 2.05) is 0 Å². The van der Waals surface area contributed by atoms with Gasteiger partial charge in [-0.3, -0.25) is 9.78 Å². The van der Waals surface area contributed by atoms with Gasteiger partial charge >= 0.3 is 0 Å². The van der Waals surface area contributed by atoms with Crippen LogP contribution in [-0.4, -0.2) is 30.2 Å². The second-order valence-corrected chi connectivity index (χ2v) is 8.28. The van der Waals surface area contributed by atoms with E-state index in [9.17, 15) is 17.6 Å². The number of benzene rings is 2. The van der Waals surface area contributed by atoms with Crippen molar-refractivity contribution >= 4 is 15.9 Å². The monoisotopic (exact) mass is 413 g/mol. The van der Waals surface area contributed by atoms with Gasteiger partial charge < -0.3 is 5.32 Å². The lowest BCUT2D eigenvalue weighted by Crippen LogP contribution is -2.40. The first-order chi connectivity index (χ1) is 13.9. The van der Waals surface area contributed by atoms with Crippen molar-refractivity contribution in [1.29, 1.82) is 0 Å². The quantitative estimate of drug-likeness (QED) is 0.616. The van der Waals surface area contributed by atoms with Crippen molar-refractivity contribution in [3.8, 4) is 0 Å². The molecule has 150 valence electrons. The lowest BCUT2D eigenvalue weighted by atomic mass is 10.2. The number of carbonyl (C=O) groups is 1.